The maximum Gasteiger partial charge on any atom is 0.243 e. The Morgan fingerprint density at radius 1 is 1.15 bits per heavy atom. The topological polar surface area (TPSA) is 60.9 Å². The fourth-order valence-corrected chi connectivity index (χ4v) is 5.16. The number of nitrogens with zero attached hydrogens (tertiary/aromatic N) is 3. The third-order valence-electron chi connectivity index (χ3n) is 5.36. The molecule has 2 saturated heterocycles. The highest BCUT2D eigenvalue weighted by molar-refractivity contribution is 7.89. The summed E-state index contributed by atoms with van der Waals surface area (Å²) in [6.07, 6.45) is 2.08. The van der Waals surface area contributed by atoms with E-state index in [-0.39, 0.29) is 15.8 Å². The van der Waals surface area contributed by atoms with Gasteiger partial charge in [0.05, 0.1) is 16.5 Å². The standard InChI is InChI=1S/C18H25ClFN3O3S/c1-14-4-6-22(7-5-14)18(24)13-21-8-10-23(11-9-21)27(25,26)15-2-3-17(20)16(19)12-15/h2-3,12,14H,4-11,13H2,1H3. The molecule has 0 bridgehead atoms. The lowest BCUT2D eigenvalue weighted by atomic mass is 9.99. The average Bonchev–Trinajstić information content (AvgIpc) is 2.65. The van der Waals surface area contributed by atoms with E-state index >= 15 is 0 Å². The molecule has 0 saturated carbocycles. The third kappa shape index (κ3) is 4.80. The Bertz CT molecular complexity index is 789. The van der Waals surface area contributed by atoms with Gasteiger partial charge in [0.15, 0.2) is 0 Å². The van der Waals surface area contributed by atoms with Crippen molar-refractivity contribution in [3.8, 4) is 0 Å². The van der Waals surface area contributed by atoms with E-state index in [2.05, 4.69) is 6.92 Å². The van der Waals surface area contributed by atoms with Crippen molar-refractivity contribution in [1.82, 2.24) is 14.1 Å². The summed E-state index contributed by atoms with van der Waals surface area (Å²) in [6.45, 7) is 5.71. The van der Waals surface area contributed by atoms with E-state index in [4.69, 9.17) is 11.6 Å². The van der Waals surface area contributed by atoms with Crippen LogP contribution in [0.4, 0.5) is 4.39 Å². The van der Waals surface area contributed by atoms with Crippen LogP contribution in [0.3, 0.4) is 0 Å². The van der Waals surface area contributed by atoms with Gasteiger partial charge in [0.1, 0.15) is 5.82 Å². The molecule has 1 aromatic rings. The number of piperazine rings is 1. The van der Waals surface area contributed by atoms with Crippen molar-refractivity contribution in [2.75, 3.05) is 45.8 Å². The summed E-state index contributed by atoms with van der Waals surface area (Å²) in [4.78, 5) is 16.3. The van der Waals surface area contributed by atoms with E-state index in [0.29, 0.717) is 38.6 Å². The number of hydrogen-bond acceptors (Lipinski definition) is 4. The number of amides is 1. The largest absolute Gasteiger partial charge is 0.342 e. The van der Waals surface area contributed by atoms with Crippen molar-refractivity contribution in [2.24, 2.45) is 5.92 Å². The van der Waals surface area contributed by atoms with E-state index in [1.54, 1.807) is 0 Å². The van der Waals surface area contributed by atoms with Crippen molar-refractivity contribution in [2.45, 2.75) is 24.7 Å². The van der Waals surface area contributed by atoms with Gasteiger partial charge in [0, 0.05) is 39.3 Å². The number of carbonyl (C=O) groups excluding carboxylic acids is 1. The van der Waals surface area contributed by atoms with Gasteiger partial charge in [-0.05, 0) is 37.0 Å². The van der Waals surface area contributed by atoms with Crippen LogP contribution in [-0.2, 0) is 14.8 Å². The van der Waals surface area contributed by atoms with Crippen LogP contribution in [-0.4, -0.2) is 74.2 Å². The van der Waals surface area contributed by atoms with Crippen LogP contribution in [0, 0.1) is 11.7 Å². The van der Waals surface area contributed by atoms with Crippen LogP contribution in [0.15, 0.2) is 23.1 Å². The minimum atomic E-state index is -3.72. The van der Waals surface area contributed by atoms with E-state index in [9.17, 15) is 17.6 Å². The lowest BCUT2D eigenvalue weighted by Crippen LogP contribution is -2.52. The second-order valence-corrected chi connectivity index (χ2v) is 9.66. The van der Waals surface area contributed by atoms with Crippen LogP contribution in [0.5, 0.6) is 0 Å². The number of hydrogen-bond donors (Lipinski definition) is 0. The molecule has 2 aliphatic heterocycles. The molecule has 2 heterocycles. The lowest BCUT2D eigenvalue weighted by Gasteiger charge is -2.36. The number of sulfonamides is 1. The van der Waals surface area contributed by atoms with E-state index in [1.807, 2.05) is 9.80 Å². The molecule has 27 heavy (non-hydrogen) atoms. The van der Waals surface area contributed by atoms with Crippen molar-refractivity contribution in [3.05, 3.63) is 29.0 Å². The number of halogens is 2. The second-order valence-electron chi connectivity index (χ2n) is 7.32. The third-order valence-corrected chi connectivity index (χ3v) is 7.54. The van der Waals surface area contributed by atoms with Crippen LogP contribution in [0.2, 0.25) is 5.02 Å². The molecule has 0 unspecified atom stereocenters. The molecule has 0 aromatic heterocycles. The summed E-state index contributed by atoms with van der Waals surface area (Å²) < 4.78 is 40.1. The zero-order valence-corrected chi connectivity index (χ0v) is 17.0. The molecule has 1 amide bonds. The first-order valence-electron chi connectivity index (χ1n) is 9.22. The molecule has 150 valence electrons. The minimum absolute atomic E-state index is 0.0131. The highest BCUT2D eigenvalue weighted by atomic mass is 35.5. The molecule has 2 aliphatic rings. The summed E-state index contributed by atoms with van der Waals surface area (Å²) >= 11 is 5.71. The molecule has 0 spiro atoms. The number of carbonyl (C=O) groups is 1. The lowest BCUT2D eigenvalue weighted by molar-refractivity contribution is -0.134. The number of rotatable bonds is 4. The van der Waals surface area contributed by atoms with Gasteiger partial charge < -0.3 is 4.90 Å². The van der Waals surface area contributed by atoms with E-state index < -0.39 is 15.8 Å². The second kappa shape index (κ2) is 8.43. The summed E-state index contributed by atoms with van der Waals surface area (Å²) in [5.74, 6) is 0.136. The van der Waals surface area contributed by atoms with Crippen LogP contribution >= 0.6 is 11.6 Å². The summed E-state index contributed by atoms with van der Waals surface area (Å²) in [7, 11) is -3.72. The van der Waals surface area contributed by atoms with Crippen molar-refractivity contribution in [1.29, 1.82) is 0 Å². The van der Waals surface area contributed by atoms with Gasteiger partial charge in [-0.2, -0.15) is 4.31 Å². The monoisotopic (exact) mass is 417 g/mol. The molecule has 0 atom stereocenters. The predicted molar refractivity (Wildman–Crippen MR) is 102 cm³/mol. The van der Waals surface area contributed by atoms with Gasteiger partial charge in [-0.15, -0.1) is 0 Å². The van der Waals surface area contributed by atoms with Gasteiger partial charge in [-0.25, -0.2) is 12.8 Å². The summed E-state index contributed by atoms with van der Waals surface area (Å²) in [6, 6.07) is 3.42. The maximum absolute atomic E-state index is 13.3. The highest BCUT2D eigenvalue weighted by Gasteiger charge is 2.30. The summed E-state index contributed by atoms with van der Waals surface area (Å²) in [5.41, 5.74) is 0. The molecular formula is C18H25ClFN3O3S. The molecular weight excluding hydrogens is 393 g/mol. The van der Waals surface area contributed by atoms with Crippen molar-refractivity contribution in [3.63, 3.8) is 0 Å². The summed E-state index contributed by atoms with van der Waals surface area (Å²) in [5, 5.41) is -0.212. The van der Waals surface area contributed by atoms with Gasteiger partial charge in [0.2, 0.25) is 15.9 Å². The minimum Gasteiger partial charge on any atom is -0.342 e. The fourth-order valence-electron chi connectivity index (χ4n) is 3.46. The maximum atomic E-state index is 13.3. The Morgan fingerprint density at radius 3 is 2.37 bits per heavy atom. The SMILES string of the molecule is CC1CCN(C(=O)CN2CCN(S(=O)(=O)c3ccc(F)c(Cl)c3)CC2)CC1. The first-order chi connectivity index (χ1) is 12.8. The molecule has 9 heteroatoms. The molecule has 2 fully saturated rings. The van der Waals surface area contributed by atoms with Crippen LogP contribution < -0.4 is 0 Å². The van der Waals surface area contributed by atoms with Gasteiger partial charge >= 0.3 is 0 Å². The van der Waals surface area contributed by atoms with Crippen molar-refractivity contribution >= 4 is 27.5 Å². The predicted octanol–water partition coefficient (Wildman–Crippen LogP) is 2.04. The zero-order chi connectivity index (χ0) is 19.6. The Hall–Kier alpha value is -1.22. The van der Waals surface area contributed by atoms with Gasteiger partial charge in [-0.3, -0.25) is 9.69 Å². The van der Waals surface area contributed by atoms with E-state index in [1.165, 1.54) is 10.4 Å². The quantitative estimate of drug-likeness (QED) is 0.752. The fraction of sp³-hybridized carbons (Fsp3) is 0.611. The Kier molecular flexibility index (Phi) is 6.40. The molecule has 0 aliphatic carbocycles. The molecule has 3 rings (SSSR count). The van der Waals surface area contributed by atoms with Crippen LogP contribution in [0.25, 0.3) is 0 Å². The van der Waals surface area contributed by atoms with Crippen LogP contribution in [0.1, 0.15) is 19.8 Å². The highest BCUT2D eigenvalue weighted by Crippen LogP contribution is 2.23. The van der Waals surface area contributed by atoms with Gasteiger partial charge in [-0.1, -0.05) is 18.5 Å². The Balaban J connectivity index is 1.55. The Labute approximate surface area is 164 Å². The first-order valence-corrected chi connectivity index (χ1v) is 11.0. The molecule has 1 aromatic carbocycles. The normalized spacial score (nSPS) is 20.8. The number of likely N-dealkylation sites (tertiary alicyclic amines) is 1. The molecule has 0 N–H and O–H groups in total. The Morgan fingerprint density at radius 2 is 1.78 bits per heavy atom. The molecule has 0 radical (unpaired) electrons. The van der Waals surface area contributed by atoms with Crippen molar-refractivity contribution < 1.29 is 17.6 Å². The smallest absolute Gasteiger partial charge is 0.243 e. The van der Waals surface area contributed by atoms with E-state index in [0.717, 1.165) is 38.1 Å². The zero-order valence-electron chi connectivity index (χ0n) is 15.4. The number of piperidine rings is 1. The number of benzene rings is 1. The first kappa shape index (κ1) is 20.5. The van der Waals surface area contributed by atoms with Gasteiger partial charge in [0.25, 0.3) is 0 Å². The average molecular weight is 418 g/mol. The molecule has 6 nitrogen and oxygen atoms in total.